The van der Waals surface area contributed by atoms with Gasteiger partial charge in [0, 0.05) is 59.0 Å². The van der Waals surface area contributed by atoms with Crippen LogP contribution < -0.4 is 0 Å². The molecule has 3 aromatic carbocycles. The molecule has 6 aromatic rings. The Morgan fingerprint density at radius 1 is 0.816 bits per heavy atom. The van der Waals surface area contributed by atoms with Crippen molar-refractivity contribution < 1.29 is 30.0 Å². The van der Waals surface area contributed by atoms with Crippen molar-refractivity contribution in [1.29, 1.82) is 0 Å². The van der Waals surface area contributed by atoms with Gasteiger partial charge in [-0.15, -0.1) is 51.8 Å². The maximum Gasteiger partial charge on any atom is 0.164 e. The number of rotatable bonds is 8. The maximum absolute atomic E-state index is 12.2. The van der Waals surface area contributed by atoms with Crippen molar-refractivity contribution in [3.05, 3.63) is 89.1 Å². The van der Waals surface area contributed by atoms with Crippen molar-refractivity contribution in [1.82, 2.24) is 4.98 Å². The molecule has 3 heterocycles. The molecule has 0 atom stereocenters. The molecule has 0 aliphatic carbocycles. The van der Waals surface area contributed by atoms with Crippen LogP contribution >= 0.6 is 22.7 Å². The minimum atomic E-state index is -0.337. The summed E-state index contributed by atoms with van der Waals surface area (Å²) in [6.45, 7) is 21.1. The summed E-state index contributed by atoms with van der Waals surface area (Å²) in [6.07, 6.45) is 6.71. The molecule has 0 spiro atoms. The van der Waals surface area contributed by atoms with Crippen LogP contribution in [0.2, 0.25) is 0 Å². The fourth-order valence-electron chi connectivity index (χ4n) is 6.23. The molecule has 0 amide bonds. The first kappa shape index (κ1) is 38.9. The third-order valence-corrected chi connectivity index (χ3v) is 13.2. The van der Waals surface area contributed by atoms with E-state index in [1.54, 1.807) is 0 Å². The van der Waals surface area contributed by atoms with Crippen molar-refractivity contribution >= 4 is 69.5 Å². The van der Waals surface area contributed by atoms with E-state index in [0.29, 0.717) is 0 Å². The molecule has 0 aliphatic heterocycles. The van der Waals surface area contributed by atoms with Gasteiger partial charge in [0.1, 0.15) is 5.76 Å². The Bertz CT molecular complexity index is 2140. The second kappa shape index (κ2) is 15.2. The third-order valence-electron chi connectivity index (χ3n) is 10.7. The average Bonchev–Trinajstić information content (AvgIpc) is 3.67. The number of carbonyl (C=O) groups excluding carboxylic acids is 1. The predicted octanol–water partition coefficient (Wildman–Crippen LogP) is 13.5. The zero-order valence-electron chi connectivity index (χ0n) is 30.6. The number of ketones is 1. The van der Waals surface area contributed by atoms with Crippen molar-refractivity contribution in [3.63, 3.8) is 0 Å². The van der Waals surface area contributed by atoms with Gasteiger partial charge < -0.3 is 5.11 Å². The minimum Gasteiger partial charge on any atom is -0.512 e. The van der Waals surface area contributed by atoms with E-state index < -0.39 is 0 Å². The number of aryl methyl sites for hydroxylation is 1. The Kier molecular flexibility index (Phi) is 12.0. The predicted molar refractivity (Wildman–Crippen MR) is 211 cm³/mol. The maximum atomic E-state index is 12.2. The zero-order chi connectivity index (χ0) is 35.0. The van der Waals surface area contributed by atoms with Crippen molar-refractivity contribution in [3.8, 4) is 11.3 Å². The van der Waals surface area contributed by atoms with Gasteiger partial charge in [-0.3, -0.25) is 9.78 Å². The van der Waals surface area contributed by atoms with Gasteiger partial charge in [-0.05, 0) is 65.8 Å². The zero-order valence-corrected chi connectivity index (χ0v) is 34.7. The van der Waals surface area contributed by atoms with E-state index in [-0.39, 0.29) is 47.9 Å². The van der Waals surface area contributed by atoms with Gasteiger partial charge in [0.15, 0.2) is 5.78 Å². The molecule has 0 aliphatic rings. The molecule has 1 radical (unpaired) electrons. The summed E-state index contributed by atoms with van der Waals surface area (Å²) < 4.78 is 4.01. The second-order valence-corrected chi connectivity index (χ2v) is 16.6. The van der Waals surface area contributed by atoms with Crippen molar-refractivity contribution in [2.45, 2.75) is 100 Å². The molecule has 3 aromatic heterocycles. The largest absolute Gasteiger partial charge is 0.512 e. The summed E-state index contributed by atoms with van der Waals surface area (Å²) >= 11 is 3.72. The minimum absolute atomic E-state index is 0. The molecule has 6 rings (SSSR count). The number of pyridine rings is 1. The number of aliphatic hydroxyl groups excluding tert-OH is 1. The molecule has 49 heavy (non-hydrogen) atoms. The molecule has 0 fully saturated rings. The number of aliphatic hydroxyl groups is 1. The number of allylic oxidation sites excluding steroid dienone is 2. The monoisotopic (exact) mass is 869 g/mol. The topological polar surface area (TPSA) is 50.2 Å². The van der Waals surface area contributed by atoms with Crippen LogP contribution in [0, 0.1) is 23.8 Å². The van der Waals surface area contributed by atoms with Crippen LogP contribution in [0.5, 0.6) is 0 Å². The van der Waals surface area contributed by atoms with Gasteiger partial charge in [-0.25, -0.2) is 0 Å². The Morgan fingerprint density at radius 2 is 1.43 bits per heavy atom. The normalized spacial score (nSPS) is 12.7. The molecule has 0 saturated heterocycles. The van der Waals surface area contributed by atoms with E-state index >= 15 is 0 Å². The summed E-state index contributed by atoms with van der Waals surface area (Å²) in [4.78, 5) is 17.0. The smallest absolute Gasteiger partial charge is 0.164 e. The van der Waals surface area contributed by atoms with Crippen LogP contribution in [0.25, 0.3) is 52.3 Å². The quantitative estimate of drug-likeness (QED) is 0.0942. The Morgan fingerprint density at radius 3 is 2.06 bits per heavy atom. The fourth-order valence-corrected chi connectivity index (χ4v) is 8.74. The molecular weight excluding hydrogens is 819 g/mol. The summed E-state index contributed by atoms with van der Waals surface area (Å²) in [5, 5.41) is 18.8. The van der Waals surface area contributed by atoms with Gasteiger partial charge >= 0.3 is 0 Å². The van der Waals surface area contributed by atoms with Crippen molar-refractivity contribution in [2.75, 3.05) is 0 Å². The molecule has 261 valence electrons. The number of hydrogen-bond acceptors (Lipinski definition) is 5. The van der Waals surface area contributed by atoms with Gasteiger partial charge in [-0.1, -0.05) is 104 Å². The number of benzene rings is 3. The van der Waals surface area contributed by atoms with E-state index in [0.717, 1.165) is 42.3 Å². The van der Waals surface area contributed by atoms with E-state index in [1.807, 2.05) is 70.4 Å². The first-order valence-corrected chi connectivity index (χ1v) is 19.0. The van der Waals surface area contributed by atoms with Gasteiger partial charge in [0.05, 0.1) is 9.40 Å². The van der Waals surface area contributed by atoms with E-state index in [9.17, 15) is 9.90 Å². The first-order chi connectivity index (χ1) is 22.7. The van der Waals surface area contributed by atoms with E-state index in [4.69, 9.17) is 4.98 Å². The third kappa shape index (κ3) is 7.45. The summed E-state index contributed by atoms with van der Waals surface area (Å²) in [5.74, 6) is 0.286. The standard InChI is InChI=1S/C28H22NS2.C15H28O2.Ir/c1-16-15-30-26-19(16)9-10-21-22-11-12-29-24(25(22)31-27(21)26)18-13-17-7-5-6-8-20(17)23(14-18)28(2,3)4;1-7-14(5,8-2)12(16)11-13(17)15(6,9-3)10-4;/h5-12,14-15H,1-4H3;11,16H,7-10H2,1-6H3;/q-1;;/b;12-11-;. The second-order valence-electron chi connectivity index (χ2n) is 14.7. The Hall–Kier alpha value is -2.89. The molecular formula is C43H50IrNO2S2-. The number of hydrogen-bond donors (Lipinski definition) is 1. The Balaban J connectivity index is 0.000000260. The molecule has 1 N–H and O–H groups in total. The number of thiophene rings is 2. The summed E-state index contributed by atoms with van der Waals surface area (Å²) in [6, 6.07) is 21.3. The average molecular weight is 869 g/mol. The van der Waals surface area contributed by atoms with Crippen LogP contribution in [0.4, 0.5) is 0 Å². The Labute approximate surface area is 314 Å². The number of aromatic nitrogens is 1. The molecule has 0 unspecified atom stereocenters. The van der Waals surface area contributed by atoms with Crippen LogP contribution in [0.1, 0.15) is 99.1 Å². The van der Waals surface area contributed by atoms with Crippen LogP contribution in [0.15, 0.2) is 71.9 Å². The van der Waals surface area contributed by atoms with Crippen LogP contribution in [0.3, 0.4) is 0 Å². The molecule has 0 saturated carbocycles. The fraction of sp³-hybridized carbons (Fsp3) is 0.395. The van der Waals surface area contributed by atoms with Crippen LogP contribution in [-0.2, 0) is 30.3 Å². The summed E-state index contributed by atoms with van der Waals surface area (Å²) in [7, 11) is 0. The van der Waals surface area contributed by atoms with Gasteiger partial charge in [-0.2, -0.15) is 0 Å². The number of carbonyl (C=O) groups is 1. The van der Waals surface area contributed by atoms with E-state index in [2.05, 4.69) is 87.7 Å². The SMILES string of the molecule is CCC(C)(CC)C(=O)/C=C(\O)C(C)(CC)CC.Cc1csc2c1ccc1c3ccnc(-c4[c-]c5ccccc5c(C(C)(C)C)c4)c3sc12.[Ir]. The van der Waals surface area contributed by atoms with Gasteiger partial charge in [0.2, 0.25) is 0 Å². The molecule has 6 heteroatoms. The first-order valence-electron chi connectivity index (χ1n) is 17.3. The summed E-state index contributed by atoms with van der Waals surface area (Å²) in [5.41, 5.74) is 4.26. The van der Waals surface area contributed by atoms with Crippen molar-refractivity contribution in [2.24, 2.45) is 10.8 Å². The molecule has 0 bridgehead atoms. The van der Waals surface area contributed by atoms with Gasteiger partial charge in [0.25, 0.3) is 0 Å². The molecule has 3 nitrogen and oxygen atoms in total. The number of nitrogens with zero attached hydrogens (tertiary/aromatic N) is 1. The van der Waals surface area contributed by atoms with Crippen LogP contribution in [-0.4, -0.2) is 15.9 Å². The van der Waals surface area contributed by atoms with E-state index in [1.165, 1.54) is 52.8 Å². The number of fused-ring (bicyclic) bond motifs is 6.